The molecule has 104 valence electrons. The molecule has 21 heavy (non-hydrogen) atoms. The number of fused-ring (bicyclic) bond motifs is 1. The minimum atomic E-state index is -1.11. The number of aromatic nitrogens is 2. The van der Waals surface area contributed by atoms with Gasteiger partial charge in [-0.05, 0) is 30.3 Å². The van der Waals surface area contributed by atoms with Crippen LogP contribution in [0, 0.1) is 0 Å². The lowest BCUT2D eigenvalue weighted by molar-refractivity contribution is 0.0697. The summed E-state index contributed by atoms with van der Waals surface area (Å²) in [6.07, 6.45) is 1.32. The second-order valence-electron chi connectivity index (χ2n) is 4.52. The zero-order chi connectivity index (χ0) is 15.0. The maximum Gasteiger partial charge on any atom is 0.337 e. The molecule has 0 spiro atoms. The monoisotopic (exact) mass is 281 g/mol. The molecule has 0 aliphatic heterocycles. The van der Waals surface area contributed by atoms with Crippen LogP contribution < -0.4 is 11.3 Å². The van der Waals surface area contributed by atoms with E-state index >= 15 is 0 Å². The molecule has 3 N–H and O–H groups in total. The Labute approximate surface area is 119 Å². The van der Waals surface area contributed by atoms with Gasteiger partial charge < -0.3 is 10.8 Å². The predicted octanol–water partition coefficient (Wildman–Crippen LogP) is 1.67. The van der Waals surface area contributed by atoms with Gasteiger partial charge in [-0.25, -0.2) is 9.78 Å². The van der Waals surface area contributed by atoms with Crippen molar-refractivity contribution in [2.75, 3.05) is 5.73 Å². The van der Waals surface area contributed by atoms with Gasteiger partial charge in [0.05, 0.1) is 22.2 Å². The summed E-state index contributed by atoms with van der Waals surface area (Å²) in [5.41, 5.74) is 6.59. The number of hydrogen-bond donors (Lipinski definition) is 2. The predicted molar refractivity (Wildman–Crippen MR) is 78.7 cm³/mol. The highest BCUT2D eigenvalue weighted by Crippen LogP contribution is 2.15. The topological polar surface area (TPSA) is 98.2 Å². The summed E-state index contributed by atoms with van der Waals surface area (Å²) in [7, 11) is 0. The summed E-state index contributed by atoms with van der Waals surface area (Å²) in [4.78, 5) is 28.0. The van der Waals surface area contributed by atoms with Crippen LogP contribution in [0.2, 0.25) is 0 Å². The van der Waals surface area contributed by atoms with E-state index in [1.165, 1.54) is 23.0 Å². The number of aromatic carboxylic acids is 1. The van der Waals surface area contributed by atoms with Crippen LogP contribution in [0.1, 0.15) is 10.4 Å². The van der Waals surface area contributed by atoms with Crippen molar-refractivity contribution in [2.45, 2.75) is 0 Å². The molecule has 2 aromatic carbocycles. The van der Waals surface area contributed by atoms with Crippen molar-refractivity contribution in [2.24, 2.45) is 0 Å². The number of rotatable bonds is 2. The smallest absolute Gasteiger partial charge is 0.337 e. The molecular formula is C15H11N3O3. The van der Waals surface area contributed by atoms with Crippen molar-refractivity contribution in [1.82, 2.24) is 9.55 Å². The molecule has 6 nitrogen and oxygen atoms in total. The first-order valence-electron chi connectivity index (χ1n) is 6.17. The van der Waals surface area contributed by atoms with Crippen LogP contribution in [0.15, 0.2) is 53.6 Å². The molecule has 0 aliphatic carbocycles. The number of carboxylic acids is 1. The van der Waals surface area contributed by atoms with Gasteiger partial charge in [0.15, 0.2) is 0 Å². The first-order chi connectivity index (χ1) is 10.1. The quantitative estimate of drug-likeness (QED) is 0.696. The van der Waals surface area contributed by atoms with Gasteiger partial charge in [-0.3, -0.25) is 9.36 Å². The number of hydrogen-bond acceptors (Lipinski definition) is 4. The van der Waals surface area contributed by atoms with Crippen LogP contribution in [0.3, 0.4) is 0 Å². The first kappa shape index (κ1) is 12.9. The molecule has 6 heteroatoms. The van der Waals surface area contributed by atoms with Crippen molar-refractivity contribution in [3.63, 3.8) is 0 Å². The number of benzene rings is 2. The SMILES string of the molecule is Nc1ccc2ncn(-c3ccccc3C(=O)O)c(=O)c2c1. The molecule has 0 unspecified atom stereocenters. The van der Waals surface area contributed by atoms with Gasteiger partial charge in [-0.15, -0.1) is 0 Å². The van der Waals surface area contributed by atoms with E-state index in [1.807, 2.05) is 0 Å². The Balaban J connectivity index is 2.34. The van der Waals surface area contributed by atoms with Crippen LogP contribution in [-0.2, 0) is 0 Å². The highest BCUT2D eigenvalue weighted by Gasteiger charge is 2.13. The molecule has 3 aromatic rings. The van der Waals surface area contributed by atoms with Gasteiger partial charge >= 0.3 is 5.97 Å². The summed E-state index contributed by atoms with van der Waals surface area (Å²) in [6, 6.07) is 11.1. The fraction of sp³-hybridized carbons (Fsp3) is 0. The van der Waals surface area contributed by atoms with E-state index in [1.54, 1.807) is 30.3 Å². The van der Waals surface area contributed by atoms with Gasteiger partial charge in [-0.2, -0.15) is 0 Å². The molecule has 0 fully saturated rings. The number of anilines is 1. The van der Waals surface area contributed by atoms with Crippen LogP contribution in [0.5, 0.6) is 0 Å². The zero-order valence-electron chi connectivity index (χ0n) is 10.9. The third-order valence-corrected chi connectivity index (χ3v) is 3.18. The summed E-state index contributed by atoms with van der Waals surface area (Å²) >= 11 is 0. The Morgan fingerprint density at radius 1 is 1.19 bits per heavy atom. The number of nitrogens with zero attached hydrogens (tertiary/aromatic N) is 2. The van der Waals surface area contributed by atoms with Gasteiger partial charge in [0, 0.05) is 5.69 Å². The molecule has 0 saturated heterocycles. The number of nitrogens with two attached hydrogens (primary N) is 1. The highest BCUT2D eigenvalue weighted by molar-refractivity contribution is 5.92. The fourth-order valence-electron chi connectivity index (χ4n) is 2.18. The largest absolute Gasteiger partial charge is 0.478 e. The minimum Gasteiger partial charge on any atom is -0.478 e. The highest BCUT2D eigenvalue weighted by atomic mass is 16.4. The Bertz CT molecular complexity index is 915. The molecule has 0 bridgehead atoms. The summed E-state index contributed by atoms with van der Waals surface area (Å²) < 4.78 is 1.21. The Hall–Kier alpha value is -3.15. The summed E-state index contributed by atoms with van der Waals surface area (Å²) in [6.45, 7) is 0. The molecule has 1 heterocycles. The van der Waals surface area contributed by atoms with Crippen molar-refractivity contribution in [3.8, 4) is 5.69 Å². The second kappa shape index (κ2) is 4.75. The maximum atomic E-state index is 12.5. The van der Waals surface area contributed by atoms with Crippen molar-refractivity contribution in [1.29, 1.82) is 0 Å². The summed E-state index contributed by atoms with van der Waals surface area (Å²) in [5.74, 6) is -1.11. The average molecular weight is 281 g/mol. The molecule has 0 atom stereocenters. The van der Waals surface area contributed by atoms with Crippen LogP contribution in [0.25, 0.3) is 16.6 Å². The number of para-hydroxylation sites is 1. The zero-order valence-corrected chi connectivity index (χ0v) is 10.9. The van der Waals surface area contributed by atoms with Gasteiger partial charge in [0.25, 0.3) is 5.56 Å². The molecule has 1 aromatic heterocycles. The maximum absolute atomic E-state index is 12.5. The lowest BCUT2D eigenvalue weighted by atomic mass is 10.1. The molecule has 0 saturated carbocycles. The van der Waals surface area contributed by atoms with Gasteiger partial charge in [0.2, 0.25) is 0 Å². The van der Waals surface area contributed by atoms with Crippen molar-refractivity contribution in [3.05, 3.63) is 64.7 Å². The number of carboxylic acid groups (broad SMARTS) is 1. The second-order valence-corrected chi connectivity index (χ2v) is 4.52. The number of nitrogen functional groups attached to an aromatic ring is 1. The summed E-state index contributed by atoms with van der Waals surface area (Å²) in [5, 5.41) is 9.56. The van der Waals surface area contributed by atoms with Crippen LogP contribution in [-0.4, -0.2) is 20.6 Å². The molecule has 0 radical (unpaired) electrons. The van der Waals surface area contributed by atoms with E-state index in [4.69, 9.17) is 5.73 Å². The van der Waals surface area contributed by atoms with Crippen molar-refractivity contribution < 1.29 is 9.90 Å². The Kier molecular flexibility index (Phi) is 2.91. The van der Waals surface area contributed by atoms with E-state index < -0.39 is 5.97 Å². The number of carbonyl (C=O) groups is 1. The third-order valence-electron chi connectivity index (χ3n) is 3.18. The van der Waals surface area contributed by atoms with E-state index in [0.29, 0.717) is 16.6 Å². The fourth-order valence-corrected chi connectivity index (χ4v) is 2.18. The third kappa shape index (κ3) is 2.12. The molecule has 0 amide bonds. The lowest BCUT2D eigenvalue weighted by Gasteiger charge is -2.09. The van der Waals surface area contributed by atoms with Gasteiger partial charge in [0.1, 0.15) is 6.33 Å². The molecular weight excluding hydrogens is 270 g/mol. The van der Waals surface area contributed by atoms with Gasteiger partial charge in [-0.1, -0.05) is 12.1 Å². The van der Waals surface area contributed by atoms with Crippen LogP contribution >= 0.6 is 0 Å². The van der Waals surface area contributed by atoms with Crippen molar-refractivity contribution >= 4 is 22.6 Å². The van der Waals surface area contributed by atoms with E-state index in [0.717, 1.165) is 0 Å². The standard InChI is InChI=1S/C15H11N3O3/c16-9-5-6-12-11(7-9)14(19)18(8-17-12)13-4-2-1-3-10(13)15(20)21/h1-8H,16H2,(H,20,21). The Morgan fingerprint density at radius 3 is 2.71 bits per heavy atom. The van der Waals surface area contributed by atoms with E-state index in [-0.39, 0.29) is 16.8 Å². The average Bonchev–Trinajstić information content (AvgIpc) is 2.48. The van der Waals surface area contributed by atoms with Crippen LogP contribution in [0.4, 0.5) is 5.69 Å². The molecule has 0 aliphatic rings. The Morgan fingerprint density at radius 2 is 1.95 bits per heavy atom. The van der Waals surface area contributed by atoms with E-state index in [9.17, 15) is 14.7 Å². The lowest BCUT2D eigenvalue weighted by Crippen LogP contribution is -2.21. The first-order valence-corrected chi connectivity index (χ1v) is 6.17. The van der Waals surface area contributed by atoms with E-state index in [2.05, 4.69) is 4.98 Å². The minimum absolute atomic E-state index is 0.0321. The molecule has 3 rings (SSSR count). The normalized spacial score (nSPS) is 10.7.